The van der Waals surface area contributed by atoms with Gasteiger partial charge >= 0.3 is 0 Å². The number of piperidine rings is 1. The topological polar surface area (TPSA) is 36.3 Å². The normalized spacial score (nSPS) is 17.9. The molecular weight excluding hydrogens is 212 g/mol. The molecule has 0 bridgehead atoms. The molecule has 90 valence electrons. The number of hydrogen-bond donors (Lipinski definition) is 0. The molecule has 1 saturated heterocycles. The molecule has 1 aromatic carbocycles. The lowest BCUT2D eigenvalue weighted by Gasteiger charge is -2.31. The first kappa shape index (κ1) is 12.1. The Balaban J connectivity index is 1.91. The van der Waals surface area contributed by atoms with Crippen LogP contribution >= 0.6 is 0 Å². The second-order valence-corrected chi connectivity index (χ2v) is 4.52. The number of ether oxygens (including phenoxy) is 1. The standard InChI is InChI=1S/C14H18N2O/c1-17-14-5-7-16(8-6-14)11-13-4-2-3-12(9-13)10-15/h2-4,9,14H,5-8,11H2,1H3. The van der Waals surface area contributed by atoms with Gasteiger partial charge in [-0.1, -0.05) is 12.1 Å². The molecule has 1 aromatic rings. The van der Waals surface area contributed by atoms with Crippen LogP contribution < -0.4 is 0 Å². The quantitative estimate of drug-likeness (QED) is 0.798. The first-order valence-electron chi connectivity index (χ1n) is 6.06. The molecule has 0 atom stereocenters. The number of likely N-dealkylation sites (tertiary alicyclic amines) is 1. The summed E-state index contributed by atoms with van der Waals surface area (Å²) in [6, 6.07) is 10.0. The molecule has 0 amide bonds. The van der Waals surface area contributed by atoms with Crippen LogP contribution in [0.25, 0.3) is 0 Å². The van der Waals surface area contributed by atoms with E-state index in [2.05, 4.69) is 17.0 Å². The average molecular weight is 230 g/mol. The van der Waals surface area contributed by atoms with Gasteiger partial charge in [0.05, 0.1) is 17.7 Å². The smallest absolute Gasteiger partial charge is 0.0991 e. The molecule has 0 unspecified atom stereocenters. The summed E-state index contributed by atoms with van der Waals surface area (Å²) in [5, 5.41) is 8.85. The van der Waals surface area contributed by atoms with Crippen molar-refractivity contribution in [3.8, 4) is 6.07 Å². The van der Waals surface area contributed by atoms with Crippen molar-refractivity contribution in [3.05, 3.63) is 35.4 Å². The van der Waals surface area contributed by atoms with Gasteiger partial charge in [0, 0.05) is 26.7 Å². The zero-order valence-corrected chi connectivity index (χ0v) is 10.2. The summed E-state index contributed by atoms with van der Waals surface area (Å²) in [5.41, 5.74) is 1.97. The predicted octanol–water partition coefficient (Wildman–Crippen LogP) is 2.17. The van der Waals surface area contributed by atoms with Crippen LogP contribution in [-0.4, -0.2) is 31.2 Å². The average Bonchev–Trinajstić information content (AvgIpc) is 2.40. The minimum absolute atomic E-state index is 0.427. The molecule has 3 heteroatoms. The number of rotatable bonds is 3. The van der Waals surface area contributed by atoms with E-state index < -0.39 is 0 Å². The lowest BCUT2D eigenvalue weighted by molar-refractivity contribution is 0.0388. The molecule has 2 rings (SSSR count). The van der Waals surface area contributed by atoms with E-state index >= 15 is 0 Å². The summed E-state index contributed by atoms with van der Waals surface area (Å²) >= 11 is 0. The fraction of sp³-hybridized carbons (Fsp3) is 0.500. The Hall–Kier alpha value is -1.37. The van der Waals surface area contributed by atoms with E-state index in [0.717, 1.165) is 38.0 Å². The molecule has 0 radical (unpaired) electrons. The Bertz CT molecular complexity index is 403. The van der Waals surface area contributed by atoms with E-state index in [-0.39, 0.29) is 0 Å². The maximum absolute atomic E-state index is 8.85. The van der Waals surface area contributed by atoms with Crippen LogP contribution in [0, 0.1) is 11.3 Å². The van der Waals surface area contributed by atoms with Crippen LogP contribution in [0.1, 0.15) is 24.0 Å². The van der Waals surface area contributed by atoms with Gasteiger partial charge in [-0.05, 0) is 30.5 Å². The van der Waals surface area contributed by atoms with Crippen molar-refractivity contribution in [2.24, 2.45) is 0 Å². The van der Waals surface area contributed by atoms with E-state index in [0.29, 0.717) is 6.10 Å². The van der Waals surface area contributed by atoms with Gasteiger partial charge in [-0.25, -0.2) is 0 Å². The Morgan fingerprint density at radius 3 is 2.82 bits per heavy atom. The molecule has 3 nitrogen and oxygen atoms in total. The monoisotopic (exact) mass is 230 g/mol. The van der Waals surface area contributed by atoms with Gasteiger partial charge in [0.1, 0.15) is 0 Å². The fourth-order valence-electron chi connectivity index (χ4n) is 2.30. The van der Waals surface area contributed by atoms with Crippen molar-refractivity contribution in [2.75, 3.05) is 20.2 Å². The van der Waals surface area contributed by atoms with Crippen LogP contribution in [0.4, 0.5) is 0 Å². The molecule has 0 spiro atoms. The Morgan fingerprint density at radius 2 is 2.18 bits per heavy atom. The van der Waals surface area contributed by atoms with E-state index in [9.17, 15) is 0 Å². The lowest BCUT2D eigenvalue weighted by atomic mass is 10.1. The largest absolute Gasteiger partial charge is 0.381 e. The Kier molecular flexibility index (Phi) is 4.13. The second-order valence-electron chi connectivity index (χ2n) is 4.52. The summed E-state index contributed by atoms with van der Waals surface area (Å²) in [4.78, 5) is 2.42. The van der Waals surface area contributed by atoms with Gasteiger partial charge in [0.2, 0.25) is 0 Å². The lowest BCUT2D eigenvalue weighted by Crippen LogP contribution is -2.36. The van der Waals surface area contributed by atoms with Gasteiger partial charge in [0.25, 0.3) is 0 Å². The number of benzene rings is 1. The SMILES string of the molecule is COC1CCN(Cc2cccc(C#N)c2)CC1. The van der Waals surface area contributed by atoms with Gasteiger partial charge in [-0.3, -0.25) is 4.90 Å². The minimum atomic E-state index is 0.427. The van der Waals surface area contributed by atoms with Crippen molar-refractivity contribution in [1.29, 1.82) is 5.26 Å². The molecule has 0 aromatic heterocycles. The molecule has 17 heavy (non-hydrogen) atoms. The van der Waals surface area contributed by atoms with Crippen LogP contribution in [0.2, 0.25) is 0 Å². The maximum Gasteiger partial charge on any atom is 0.0991 e. The van der Waals surface area contributed by atoms with Crippen LogP contribution in [-0.2, 0) is 11.3 Å². The van der Waals surface area contributed by atoms with Gasteiger partial charge in [0.15, 0.2) is 0 Å². The molecule has 1 fully saturated rings. The molecule has 1 heterocycles. The summed E-state index contributed by atoms with van der Waals surface area (Å²) in [6.45, 7) is 3.09. The van der Waals surface area contributed by atoms with Crippen molar-refractivity contribution >= 4 is 0 Å². The maximum atomic E-state index is 8.85. The first-order valence-corrected chi connectivity index (χ1v) is 6.06. The third-order valence-electron chi connectivity index (χ3n) is 3.33. The zero-order valence-electron chi connectivity index (χ0n) is 10.2. The van der Waals surface area contributed by atoms with Crippen molar-refractivity contribution < 1.29 is 4.74 Å². The molecule has 1 aliphatic rings. The second kappa shape index (κ2) is 5.81. The van der Waals surface area contributed by atoms with Crippen LogP contribution in [0.15, 0.2) is 24.3 Å². The molecule has 0 aliphatic carbocycles. The van der Waals surface area contributed by atoms with Crippen molar-refractivity contribution in [2.45, 2.75) is 25.5 Å². The highest BCUT2D eigenvalue weighted by atomic mass is 16.5. The predicted molar refractivity (Wildman–Crippen MR) is 66.5 cm³/mol. The molecule has 0 saturated carbocycles. The third kappa shape index (κ3) is 3.29. The van der Waals surface area contributed by atoms with Crippen LogP contribution in [0.5, 0.6) is 0 Å². The number of nitriles is 1. The molecule has 0 N–H and O–H groups in total. The van der Waals surface area contributed by atoms with Crippen LogP contribution in [0.3, 0.4) is 0 Å². The van der Waals surface area contributed by atoms with E-state index in [4.69, 9.17) is 10.00 Å². The zero-order chi connectivity index (χ0) is 12.1. The third-order valence-corrected chi connectivity index (χ3v) is 3.33. The van der Waals surface area contributed by atoms with Crippen molar-refractivity contribution in [1.82, 2.24) is 4.90 Å². The molecule has 1 aliphatic heterocycles. The highest BCUT2D eigenvalue weighted by Crippen LogP contribution is 2.16. The van der Waals surface area contributed by atoms with E-state index in [1.165, 1.54) is 5.56 Å². The Labute approximate surface area is 103 Å². The number of nitrogens with zero attached hydrogens (tertiary/aromatic N) is 2. The first-order chi connectivity index (χ1) is 8.31. The van der Waals surface area contributed by atoms with Gasteiger partial charge < -0.3 is 4.74 Å². The van der Waals surface area contributed by atoms with E-state index in [1.54, 1.807) is 7.11 Å². The summed E-state index contributed by atoms with van der Waals surface area (Å²) in [7, 11) is 1.79. The Morgan fingerprint density at radius 1 is 1.41 bits per heavy atom. The van der Waals surface area contributed by atoms with Gasteiger partial charge in [-0.15, -0.1) is 0 Å². The molecular formula is C14H18N2O. The summed E-state index contributed by atoms with van der Waals surface area (Å²) in [5.74, 6) is 0. The minimum Gasteiger partial charge on any atom is -0.381 e. The summed E-state index contributed by atoms with van der Waals surface area (Å²) in [6.07, 6.45) is 2.64. The highest BCUT2D eigenvalue weighted by Gasteiger charge is 2.18. The van der Waals surface area contributed by atoms with E-state index in [1.807, 2.05) is 18.2 Å². The van der Waals surface area contributed by atoms with Gasteiger partial charge in [-0.2, -0.15) is 5.26 Å². The fourth-order valence-corrected chi connectivity index (χ4v) is 2.30. The highest BCUT2D eigenvalue weighted by molar-refractivity contribution is 5.32. The number of methoxy groups -OCH3 is 1. The summed E-state index contributed by atoms with van der Waals surface area (Å²) < 4.78 is 5.36. The van der Waals surface area contributed by atoms with Crippen molar-refractivity contribution in [3.63, 3.8) is 0 Å². The number of hydrogen-bond acceptors (Lipinski definition) is 3.